The first-order chi connectivity index (χ1) is 15.6. The van der Waals surface area contributed by atoms with Crippen molar-refractivity contribution in [3.8, 4) is 0 Å². The molecule has 0 bridgehead atoms. The van der Waals surface area contributed by atoms with Gasteiger partial charge < -0.3 is 4.74 Å². The molecular weight excluding hydrogens is 422 g/mol. The van der Waals surface area contributed by atoms with Gasteiger partial charge >= 0.3 is 5.97 Å². The maximum atomic E-state index is 13.3. The van der Waals surface area contributed by atoms with Gasteiger partial charge in [0.05, 0.1) is 16.6 Å². The maximum Gasteiger partial charge on any atom is 0.326 e. The number of carbonyl (C=O) groups is 4. The van der Waals surface area contributed by atoms with Crippen LogP contribution in [0, 0.1) is 0 Å². The van der Waals surface area contributed by atoms with Gasteiger partial charge in [-0.25, -0.2) is 0 Å². The number of aromatic nitrogens is 1. The third-order valence-corrected chi connectivity index (χ3v) is 5.08. The molecular formula is C25H23N3O5. The summed E-state index contributed by atoms with van der Waals surface area (Å²) < 4.78 is 5.39. The number of hydrogen-bond acceptors (Lipinski definition) is 6. The fourth-order valence-corrected chi connectivity index (χ4v) is 3.65. The highest BCUT2D eigenvalue weighted by Gasteiger charge is 2.37. The normalized spacial score (nSPS) is 13.2. The predicted molar refractivity (Wildman–Crippen MR) is 122 cm³/mol. The summed E-state index contributed by atoms with van der Waals surface area (Å²) in [5.74, 6) is -2.28. The van der Waals surface area contributed by atoms with Gasteiger partial charge in [-0.2, -0.15) is 0 Å². The zero-order valence-electron chi connectivity index (χ0n) is 18.6. The maximum absolute atomic E-state index is 13.3. The number of pyridine rings is 1. The second kappa shape index (κ2) is 8.46. The molecule has 0 N–H and O–H groups in total. The SMILES string of the molecule is CC(C)(C)OC(=O)CN(C(=O)CN1C(=O)c2ccccc2C1=O)c1ccc2cccnc2c1. The molecule has 1 aromatic heterocycles. The van der Waals surface area contributed by atoms with Crippen LogP contribution in [0.25, 0.3) is 10.9 Å². The van der Waals surface area contributed by atoms with Crippen molar-refractivity contribution in [3.63, 3.8) is 0 Å². The summed E-state index contributed by atoms with van der Waals surface area (Å²) >= 11 is 0. The molecule has 3 amide bonds. The molecule has 33 heavy (non-hydrogen) atoms. The van der Waals surface area contributed by atoms with Crippen LogP contribution in [0.4, 0.5) is 5.69 Å². The fraction of sp³-hybridized carbons (Fsp3) is 0.240. The molecule has 8 nitrogen and oxygen atoms in total. The van der Waals surface area contributed by atoms with Gasteiger partial charge in [-0.1, -0.05) is 24.3 Å². The van der Waals surface area contributed by atoms with Gasteiger partial charge in [0.25, 0.3) is 11.8 Å². The van der Waals surface area contributed by atoms with E-state index in [2.05, 4.69) is 4.98 Å². The van der Waals surface area contributed by atoms with Gasteiger partial charge in [0.2, 0.25) is 5.91 Å². The topological polar surface area (TPSA) is 96.9 Å². The van der Waals surface area contributed by atoms with Gasteiger partial charge in [-0.15, -0.1) is 0 Å². The number of amides is 3. The number of fused-ring (bicyclic) bond motifs is 2. The van der Waals surface area contributed by atoms with E-state index in [1.54, 1.807) is 75.5 Å². The van der Waals surface area contributed by atoms with Gasteiger partial charge in [0.1, 0.15) is 18.7 Å². The molecule has 0 atom stereocenters. The Bertz CT molecular complexity index is 1240. The van der Waals surface area contributed by atoms with Crippen LogP contribution < -0.4 is 4.90 Å². The smallest absolute Gasteiger partial charge is 0.326 e. The number of benzene rings is 2. The van der Waals surface area contributed by atoms with Crippen molar-refractivity contribution in [1.82, 2.24) is 9.88 Å². The van der Waals surface area contributed by atoms with Gasteiger partial charge in [0.15, 0.2) is 0 Å². The lowest BCUT2D eigenvalue weighted by Gasteiger charge is -2.26. The van der Waals surface area contributed by atoms with E-state index in [0.29, 0.717) is 11.2 Å². The van der Waals surface area contributed by atoms with Gasteiger partial charge in [0, 0.05) is 17.3 Å². The Hall–Kier alpha value is -4.07. The molecule has 168 valence electrons. The van der Waals surface area contributed by atoms with E-state index >= 15 is 0 Å². The first kappa shape index (κ1) is 22.1. The Labute approximate surface area is 190 Å². The highest BCUT2D eigenvalue weighted by Crippen LogP contribution is 2.25. The van der Waals surface area contributed by atoms with Crippen molar-refractivity contribution < 1.29 is 23.9 Å². The second-order valence-corrected chi connectivity index (χ2v) is 8.69. The standard InChI is InChI=1S/C25H23N3O5/c1-25(2,3)33-22(30)15-27(17-11-10-16-7-6-12-26-20(16)13-17)21(29)14-28-23(31)18-8-4-5-9-19(18)24(28)32/h4-13H,14-15H2,1-3H3. The largest absolute Gasteiger partial charge is 0.459 e. The van der Waals surface area contributed by atoms with Crippen molar-refractivity contribution in [2.24, 2.45) is 0 Å². The molecule has 2 aromatic carbocycles. The van der Waals surface area contributed by atoms with Crippen molar-refractivity contribution in [2.45, 2.75) is 26.4 Å². The Balaban J connectivity index is 1.63. The number of carbonyl (C=O) groups excluding carboxylic acids is 4. The first-order valence-electron chi connectivity index (χ1n) is 10.5. The minimum absolute atomic E-state index is 0.254. The van der Waals surface area contributed by atoms with E-state index in [9.17, 15) is 19.2 Å². The molecule has 0 unspecified atom stereocenters. The average Bonchev–Trinajstić information content (AvgIpc) is 3.01. The van der Waals surface area contributed by atoms with Crippen molar-refractivity contribution in [3.05, 3.63) is 71.9 Å². The Morgan fingerprint density at radius 2 is 1.64 bits per heavy atom. The molecule has 0 saturated carbocycles. The fourth-order valence-electron chi connectivity index (χ4n) is 3.65. The van der Waals surface area contributed by atoms with Crippen LogP contribution >= 0.6 is 0 Å². The zero-order valence-corrected chi connectivity index (χ0v) is 18.6. The number of anilines is 1. The molecule has 0 spiro atoms. The summed E-state index contributed by atoms with van der Waals surface area (Å²) in [6, 6.07) is 15.3. The van der Waals surface area contributed by atoms with Crippen molar-refractivity contribution in [1.29, 1.82) is 0 Å². The van der Waals surface area contributed by atoms with E-state index in [1.807, 2.05) is 6.07 Å². The Morgan fingerprint density at radius 1 is 0.970 bits per heavy atom. The summed E-state index contributed by atoms with van der Waals surface area (Å²) in [5.41, 5.74) is 0.818. The summed E-state index contributed by atoms with van der Waals surface area (Å²) in [4.78, 5) is 57.8. The van der Waals surface area contributed by atoms with Crippen LogP contribution in [0.15, 0.2) is 60.8 Å². The third-order valence-electron chi connectivity index (χ3n) is 5.08. The van der Waals surface area contributed by atoms with Crippen LogP contribution in [0.1, 0.15) is 41.5 Å². The average molecular weight is 445 g/mol. The number of ether oxygens (including phenoxy) is 1. The van der Waals surface area contributed by atoms with Crippen molar-refractivity contribution >= 4 is 40.3 Å². The van der Waals surface area contributed by atoms with E-state index in [0.717, 1.165) is 10.3 Å². The zero-order chi connectivity index (χ0) is 23.8. The lowest BCUT2D eigenvalue weighted by molar-refractivity contribution is -0.153. The molecule has 4 rings (SSSR count). The van der Waals surface area contributed by atoms with E-state index < -0.39 is 35.8 Å². The molecule has 2 heterocycles. The molecule has 8 heteroatoms. The number of hydrogen-bond donors (Lipinski definition) is 0. The van der Waals surface area contributed by atoms with Crippen LogP contribution in [0.2, 0.25) is 0 Å². The number of imide groups is 1. The molecule has 1 aliphatic heterocycles. The summed E-state index contributed by atoms with van der Waals surface area (Å²) in [6.45, 7) is 4.31. The molecule has 0 fully saturated rings. The van der Waals surface area contributed by atoms with Gasteiger partial charge in [-0.05, 0) is 51.1 Å². The molecule has 3 aromatic rings. The van der Waals surface area contributed by atoms with Crippen LogP contribution in [0.5, 0.6) is 0 Å². The highest BCUT2D eigenvalue weighted by molar-refractivity contribution is 6.23. The predicted octanol–water partition coefficient (Wildman–Crippen LogP) is 3.21. The first-order valence-corrected chi connectivity index (χ1v) is 10.5. The minimum atomic E-state index is -0.737. The van der Waals surface area contributed by atoms with E-state index in [-0.39, 0.29) is 17.7 Å². The van der Waals surface area contributed by atoms with Crippen LogP contribution in [0.3, 0.4) is 0 Å². The number of nitrogens with zero attached hydrogens (tertiary/aromatic N) is 3. The highest BCUT2D eigenvalue weighted by atomic mass is 16.6. The van der Waals surface area contributed by atoms with E-state index in [4.69, 9.17) is 4.74 Å². The lowest BCUT2D eigenvalue weighted by atomic mass is 10.1. The quantitative estimate of drug-likeness (QED) is 0.442. The monoisotopic (exact) mass is 445 g/mol. The molecule has 1 aliphatic rings. The third kappa shape index (κ3) is 4.59. The van der Waals surface area contributed by atoms with Gasteiger partial charge in [-0.3, -0.25) is 34.0 Å². The number of rotatable bonds is 5. The van der Waals surface area contributed by atoms with Crippen molar-refractivity contribution in [2.75, 3.05) is 18.0 Å². The Kier molecular flexibility index (Phi) is 5.68. The van der Waals surface area contributed by atoms with Crippen LogP contribution in [-0.2, 0) is 14.3 Å². The molecule has 0 radical (unpaired) electrons. The van der Waals surface area contributed by atoms with Crippen LogP contribution in [-0.4, -0.2) is 52.3 Å². The second-order valence-electron chi connectivity index (χ2n) is 8.69. The Morgan fingerprint density at radius 3 is 2.27 bits per heavy atom. The minimum Gasteiger partial charge on any atom is -0.459 e. The summed E-state index contributed by atoms with van der Waals surface area (Å²) in [5, 5.41) is 0.867. The summed E-state index contributed by atoms with van der Waals surface area (Å²) in [6.07, 6.45) is 1.63. The molecule has 0 saturated heterocycles. The summed E-state index contributed by atoms with van der Waals surface area (Å²) in [7, 11) is 0. The lowest BCUT2D eigenvalue weighted by Crippen LogP contribution is -2.45. The number of esters is 1. The van der Waals surface area contributed by atoms with E-state index in [1.165, 1.54) is 4.90 Å². The molecule has 0 aliphatic carbocycles.